The van der Waals surface area contributed by atoms with Crippen molar-refractivity contribution in [2.45, 2.75) is 13.5 Å². The second-order valence-electron chi connectivity index (χ2n) is 6.46. The van der Waals surface area contributed by atoms with Crippen LogP contribution in [0.4, 0.5) is 5.69 Å². The van der Waals surface area contributed by atoms with Gasteiger partial charge in [0, 0.05) is 28.7 Å². The van der Waals surface area contributed by atoms with E-state index >= 15 is 0 Å². The monoisotopic (exact) mass is 392 g/mol. The molecule has 0 fully saturated rings. The molecule has 1 amide bonds. The average Bonchev–Trinajstić information content (AvgIpc) is 3.12. The van der Waals surface area contributed by atoms with E-state index in [0.717, 1.165) is 16.8 Å². The van der Waals surface area contributed by atoms with Crippen molar-refractivity contribution >= 4 is 28.7 Å². The van der Waals surface area contributed by atoms with E-state index in [4.69, 9.17) is 11.6 Å². The molecule has 6 nitrogen and oxygen atoms in total. The number of benzene rings is 2. The maximum atomic E-state index is 12.8. The lowest BCUT2D eigenvalue weighted by Gasteiger charge is -2.09. The largest absolute Gasteiger partial charge is 0.324 e. The Bertz CT molecular complexity index is 1230. The Hall–Kier alpha value is -3.38. The second-order valence-corrected chi connectivity index (χ2v) is 6.90. The summed E-state index contributed by atoms with van der Waals surface area (Å²) < 4.78 is 2.89. The molecule has 4 rings (SSSR count). The predicted octanol–water partition coefficient (Wildman–Crippen LogP) is 3.76. The van der Waals surface area contributed by atoms with Gasteiger partial charge in [0.2, 0.25) is 5.91 Å². The summed E-state index contributed by atoms with van der Waals surface area (Å²) in [6.45, 7) is 1.84. The summed E-state index contributed by atoms with van der Waals surface area (Å²) in [6.07, 6.45) is 3.22. The number of nitrogens with one attached hydrogen (secondary N) is 1. The SMILES string of the molecule is Cc1ccccc1NC(=O)Cn1ccn2nc(-c3ccc(Cl)cc3)cc2c1=O. The number of anilines is 1. The van der Waals surface area contributed by atoms with Gasteiger partial charge in [-0.2, -0.15) is 5.10 Å². The minimum Gasteiger partial charge on any atom is -0.324 e. The van der Waals surface area contributed by atoms with E-state index in [1.807, 2.05) is 43.3 Å². The quantitative estimate of drug-likeness (QED) is 0.575. The number of aromatic nitrogens is 3. The van der Waals surface area contributed by atoms with Gasteiger partial charge in [-0.15, -0.1) is 0 Å². The molecule has 140 valence electrons. The highest BCUT2D eigenvalue weighted by Crippen LogP contribution is 2.20. The molecule has 0 bridgehead atoms. The molecule has 0 atom stereocenters. The molecule has 2 aromatic carbocycles. The molecular formula is C21H17ClN4O2. The van der Waals surface area contributed by atoms with E-state index in [0.29, 0.717) is 16.2 Å². The number of rotatable bonds is 4. The van der Waals surface area contributed by atoms with Gasteiger partial charge >= 0.3 is 0 Å². The first-order valence-electron chi connectivity index (χ1n) is 8.71. The number of halogens is 1. The average molecular weight is 393 g/mol. The molecule has 7 heteroatoms. The predicted molar refractivity (Wildman–Crippen MR) is 110 cm³/mol. The molecule has 2 aromatic heterocycles. The Labute approximate surface area is 166 Å². The zero-order valence-corrected chi connectivity index (χ0v) is 15.8. The maximum Gasteiger partial charge on any atom is 0.277 e. The topological polar surface area (TPSA) is 68.4 Å². The number of carbonyl (C=O) groups is 1. The van der Waals surface area contributed by atoms with Crippen LogP contribution in [0.5, 0.6) is 0 Å². The number of para-hydroxylation sites is 1. The highest BCUT2D eigenvalue weighted by Gasteiger charge is 2.12. The van der Waals surface area contributed by atoms with Crippen molar-refractivity contribution < 1.29 is 4.79 Å². The third-order valence-electron chi connectivity index (χ3n) is 4.48. The minimum atomic E-state index is -0.282. The first-order valence-corrected chi connectivity index (χ1v) is 9.09. The van der Waals surface area contributed by atoms with Gasteiger partial charge in [0.15, 0.2) is 0 Å². The number of carbonyl (C=O) groups excluding carboxylic acids is 1. The summed E-state index contributed by atoms with van der Waals surface area (Å²) in [4.78, 5) is 25.2. The van der Waals surface area contributed by atoms with Gasteiger partial charge in [-0.25, -0.2) is 4.52 Å². The fourth-order valence-electron chi connectivity index (χ4n) is 2.97. The van der Waals surface area contributed by atoms with E-state index in [1.54, 1.807) is 30.6 Å². The van der Waals surface area contributed by atoms with Crippen LogP contribution in [0.15, 0.2) is 71.8 Å². The van der Waals surface area contributed by atoms with Gasteiger partial charge in [0.25, 0.3) is 5.56 Å². The Morgan fingerprint density at radius 2 is 1.86 bits per heavy atom. The van der Waals surface area contributed by atoms with Gasteiger partial charge < -0.3 is 9.88 Å². The zero-order valence-electron chi connectivity index (χ0n) is 15.1. The first-order chi connectivity index (χ1) is 13.5. The summed E-state index contributed by atoms with van der Waals surface area (Å²) in [5.74, 6) is -0.266. The molecule has 0 aliphatic rings. The van der Waals surface area contributed by atoms with Gasteiger partial charge in [0.1, 0.15) is 12.1 Å². The van der Waals surface area contributed by atoms with Crippen molar-refractivity contribution in [3.63, 3.8) is 0 Å². The number of hydrogen-bond acceptors (Lipinski definition) is 3. The summed E-state index contributed by atoms with van der Waals surface area (Å²) in [5.41, 5.74) is 3.33. The third kappa shape index (κ3) is 3.54. The third-order valence-corrected chi connectivity index (χ3v) is 4.73. The van der Waals surface area contributed by atoms with Crippen molar-refractivity contribution in [2.75, 3.05) is 5.32 Å². The Kier molecular flexibility index (Phi) is 4.71. The first kappa shape index (κ1) is 18.0. The number of aryl methyl sites for hydroxylation is 1. The number of nitrogens with zero attached hydrogens (tertiary/aromatic N) is 3. The van der Waals surface area contributed by atoms with Crippen LogP contribution in [0.3, 0.4) is 0 Å². The van der Waals surface area contributed by atoms with Gasteiger partial charge in [0.05, 0.1) is 5.69 Å². The molecule has 0 aliphatic heterocycles. The molecule has 1 N–H and O–H groups in total. The lowest BCUT2D eigenvalue weighted by Crippen LogP contribution is -2.28. The Balaban J connectivity index is 1.61. The van der Waals surface area contributed by atoms with Crippen molar-refractivity contribution in [2.24, 2.45) is 0 Å². The van der Waals surface area contributed by atoms with Gasteiger partial charge in [-0.05, 0) is 36.8 Å². The van der Waals surface area contributed by atoms with Crippen molar-refractivity contribution in [3.8, 4) is 11.3 Å². The molecule has 4 aromatic rings. The smallest absolute Gasteiger partial charge is 0.277 e. The number of hydrogen-bond donors (Lipinski definition) is 1. The van der Waals surface area contributed by atoms with Crippen molar-refractivity contribution in [1.29, 1.82) is 0 Å². The van der Waals surface area contributed by atoms with Crippen LogP contribution >= 0.6 is 11.6 Å². The van der Waals surface area contributed by atoms with E-state index < -0.39 is 0 Å². The lowest BCUT2D eigenvalue weighted by atomic mass is 10.1. The highest BCUT2D eigenvalue weighted by molar-refractivity contribution is 6.30. The van der Waals surface area contributed by atoms with E-state index in [-0.39, 0.29) is 18.0 Å². The Morgan fingerprint density at radius 3 is 2.61 bits per heavy atom. The molecule has 0 aliphatic carbocycles. The van der Waals surface area contributed by atoms with Gasteiger partial charge in [-0.3, -0.25) is 9.59 Å². The summed E-state index contributed by atoms with van der Waals surface area (Å²) >= 11 is 5.92. The molecule has 2 heterocycles. The summed E-state index contributed by atoms with van der Waals surface area (Å²) in [5, 5.41) is 7.90. The van der Waals surface area contributed by atoms with Crippen LogP contribution in [0.2, 0.25) is 5.02 Å². The fraction of sp³-hybridized carbons (Fsp3) is 0.0952. The molecule has 0 saturated carbocycles. The standard InChI is InChI=1S/C21H17ClN4O2/c1-14-4-2-3-5-17(14)23-20(27)13-25-10-11-26-19(21(25)28)12-18(24-26)15-6-8-16(22)9-7-15/h2-12H,13H2,1H3,(H,23,27). The lowest BCUT2D eigenvalue weighted by molar-refractivity contribution is -0.116. The second kappa shape index (κ2) is 7.32. The van der Waals surface area contributed by atoms with Crippen LogP contribution in [0.1, 0.15) is 5.56 Å². The van der Waals surface area contributed by atoms with Crippen molar-refractivity contribution in [1.82, 2.24) is 14.2 Å². The van der Waals surface area contributed by atoms with E-state index in [9.17, 15) is 9.59 Å². The number of amides is 1. The molecule has 0 unspecified atom stereocenters. The maximum absolute atomic E-state index is 12.8. The van der Waals surface area contributed by atoms with Crippen LogP contribution < -0.4 is 10.9 Å². The molecule has 0 radical (unpaired) electrons. The minimum absolute atomic E-state index is 0.0782. The summed E-state index contributed by atoms with van der Waals surface area (Å²) in [6, 6.07) is 16.4. The Morgan fingerprint density at radius 1 is 1.11 bits per heavy atom. The van der Waals surface area contributed by atoms with Crippen LogP contribution in [0.25, 0.3) is 16.8 Å². The molecule has 0 saturated heterocycles. The normalized spacial score (nSPS) is 10.9. The van der Waals surface area contributed by atoms with E-state index in [2.05, 4.69) is 10.4 Å². The van der Waals surface area contributed by atoms with Crippen LogP contribution in [0, 0.1) is 6.92 Å². The highest BCUT2D eigenvalue weighted by atomic mass is 35.5. The molecule has 28 heavy (non-hydrogen) atoms. The summed E-state index contributed by atoms with van der Waals surface area (Å²) in [7, 11) is 0. The van der Waals surface area contributed by atoms with Crippen LogP contribution in [-0.2, 0) is 11.3 Å². The van der Waals surface area contributed by atoms with E-state index in [1.165, 1.54) is 9.08 Å². The molecular weight excluding hydrogens is 376 g/mol. The molecule has 0 spiro atoms. The van der Waals surface area contributed by atoms with Crippen molar-refractivity contribution in [3.05, 3.63) is 87.9 Å². The number of fused-ring (bicyclic) bond motifs is 1. The van der Waals surface area contributed by atoms with Gasteiger partial charge in [-0.1, -0.05) is 41.9 Å². The fourth-order valence-corrected chi connectivity index (χ4v) is 3.10. The van der Waals surface area contributed by atoms with Crippen LogP contribution in [-0.4, -0.2) is 20.1 Å². The zero-order chi connectivity index (χ0) is 19.7.